The highest BCUT2D eigenvalue weighted by molar-refractivity contribution is 5.89. The molecule has 0 aliphatic carbocycles. The number of anilines is 1. The van der Waals surface area contributed by atoms with E-state index in [0.717, 1.165) is 19.3 Å². The molecule has 7 nitrogen and oxygen atoms in total. The molecule has 30 heavy (non-hydrogen) atoms. The number of nitrogens with one attached hydrogen (secondary N) is 1. The van der Waals surface area contributed by atoms with Crippen LogP contribution < -0.4 is 15.6 Å². The van der Waals surface area contributed by atoms with E-state index in [9.17, 15) is 14.3 Å². The number of hydrogen-bond acceptors (Lipinski definition) is 7. The molecule has 3 aromatic rings. The van der Waals surface area contributed by atoms with Gasteiger partial charge >= 0.3 is 0 Å². The number of piperidine rings is 1. The summed E-state index contributed by atoms with van der Waals surface area (Å²) in [4.78, 5) is 22.9. The molecule has 0 spiro atoms. The topological polar surface area (TPSA) is 91.5 Å². The molecule has 2 unspecified atom stereocenters. The number of nitrogens with zero attached hydrogens (tertiary/aromatic N) is 3. The van der Waals surface area contributed by atoms with Crippen LogP contribution in [-0.2, 0) is 0 Å². The molecule has 2 aliphatic rings. The van der Waals surface area contributed by atoms with Gasteiger partial charge < -0.3 is 19.7 Å². The Labute approximate surface area is 172 Å². The summed E-state index contributed by atoms with van der Waals surface area (Å²) >= 11 is 0. The monoisotopic (exact) mass is 410 g/mol. The zero-order valence-electron chi connectivity index (χ0n) is 16.8. The first kappa shape index (κ1) is 19.0. The van der Waals surface area contributed by atoms with Crippen LogP contribution in [0, 0.1) is 6.92 Å². The maximum atomic E-state index is 14.9. The molecule has 4 atom stereocenters. The Kier molecular flexibility index (Phi) is 4.47. The van der Waals surface area contributed by atoms with E-state index in [4.69, 9.17) is 4.42 Å². The average molecular weight is 410 g/mol. The van der Waals surface area contributed by atoms with Gasteiger partial charge in [0.1, 0.15) is 17.7 Å². The van der Waals surface area contributed by atoms with Crippen molar-refractivity contribution >= 4 is 16.8 Å². The van der Waals surface area contributed by atoms with Crippen LogP contribution in [0.15, 0.2) is 39.8 Å². The summed E-state index contributed by atoms with van der Waals surface area (Å²) in [5.74, 6) is 0.845. The van der Waals surface area contributed by atoms with Gasteiger partial charge in [-0.3, -0.25) is 9.78 Å². The van der Waals surface area contributed by atoms with E-state index in [0.29, 0.717) is 34.3 Å². The molecular formula is C22H23FN4O3. The number of benzene rings is 1. The largest absolute Gasteiger partial charge is 0.504 e. The quantitative estimate of drug-likeness (QED) is 0.686. The Balaban J connectivity index is 1.45. The minimum Gasteiger partial charge on any atom is -0.504 e. The first-order chi connectivity index (χ1) is 14.4. The number of alkyl halides is 1. The number of phenols is 1. The third-order valence-corrected chi connectivity index (χ3v) is 6.32. The third kappa shape index (κ3) is 3.02. The molecule has 2 aliphatic heterocycles. The van der Waals surface area contributed by atoms with Crippen LogP contribution in [0.1, 0.15) is 25.0 Å². The minimum absolute atomic E-state index is 0.0870. The van der Waals surface area contributed by atoms with Crippen LogP contribution in [0.4, 0.5) is 10.2 Å². The van der Waals surface area contributed by atoms with Gasteiger partial charge in [-0.15, -0.1) is 0 Å². The predicted octanol–water partition coefficient (Wildman–Crippen LogP) is 2.93. The van der Waals surface area contributed by atoms with Crippen molar-refractivity contribution in [3.63, 3.8) is 0 Å². The molecule has 1 aromatic carbocycles. The number of phenolic OH excluding ortho intramolecular Hbond substituents is 1. The third-order valence-electron chi connectivity index (χ3n) is 6.32. The van der Waals surface area contributed by atoms with E-state index >= 15 is 0 Å². The van der Waals surface area contributed by atoms with Crippen LogP contribution in [0.5, 0.6) is 5.75 Å². The van der Waals surface area contributed by atoms with E-state index in [1.54, 1.807) is 31.5 Å². The smallest absolute Gasteiger partial charge is 0.193 e. The van der Waals surface area contributed by atoms with Crippen LogP contribution >= 0.6 is 0 Å². The summed E-state index contributed by atoms with van der Waals surface area (Å²) in [5.41, 5.74) is 0.778. The molecular weight excluding hydrogens is 387 g/mol. The SMILES string of the molecule is Cc1cc(=O)c2ccc(-c3cnc(N(C)[C@H]4CC5CCC(N5)[C@H]4F)cn3)c(O)c2o1. The first-order valence-electron chi connectivity index (χ1n) is 10.1. The Morgan fingerprint density at radius 3 is 2.87 bits per heavy atom. The Morgan fingerprint density at radius 1 is 1.27 bits per heavy atom. The summed E-state index contributed by atoms with van der Waals surface area (Å²) in [6, 6.07) is 4.65. The molecule has 2 bridgehead atoms. The van der Waals surface area contributed by atoms with Gasteiger partial charge in [0.2, 0.25) is 0 Å². The van der Waals surface area contributed by atoms with Crippen molar-refractivity contribution in [3.8, 4) is 17.0 Å². The standard InChI is InChI=1S/C22H23FN4O3/c1-11-7-18(28)14-5-4-13(21(29)22(14)30-11)16-9-25-19(10-24-16)27(2)17-8-12-3-6-15(26-12)20(17)23/h4-5,7,9-10,12,15,17,20,26,29H,3,6,8H2,1-2H3/t12?,15?,17-,20+/m0/s1. The first-order valence-corrected chi connectivity index (χ1v) is 10.1. The lowest BCUT2D eigenvalue weighted by Crippen LogP contribution is -2.55. The lowest BCUT2D eigenvalue weighted by atomic mass is 9.96. The molecule has 0 saturated carbocycles. The predicted molar refractivity (Wildman–Crippen MR) is 112 cm³/mol. The van der Waals surface area contributed by atoms with Crippen molar-refractivity contribution in [3.05, 3.63) is 46.6 Å². The molecule has 2 fully saturated rings. The second kappa shape index (κ2) is 7.05. The molecule has 2 aromatic heterocycles. The van der Waals surface area contributed by atoms with Gasteiger partial charge in [-0.25, -0.2) is 9.37 Å². The molecule has 0 amide bonds. The Hall–Kier alpha value is -3.00. The van der Waals surface area contributed by atoms with E-state index < -0.39 is 6.17 Å². The summed E-state index contributed by atoms with van der Waals surface area (Å²) in [6.07, 6.45) is 4.80. The van der Waals surface area contributed by atoms with Crippen molar-refractivity contribution in [2.24, 2.45) is 0 Å². The molecule has 4 heterocycles. The maximum absolute atomic E-state index is 14.9. The molecule has 2 saturated heterocycles. The van der Waals surface area contributed by atoms with Gasteiger partial charge in [-0.05, 0) is 38.3 Å². The van der Waals surface area contributed by atoms with Crippen LogP contribution in [-0.4, -0.2) is 46.4 Å². The fourth-order valence-electron chi connectivity index (χ4n) is 4.69. The second-order valence-electron chi connectivity index (χ2n) is 8.23. The van der Waals surface area contributed by atoms with Crippen molar-refractivity contribution < 1.29 is 13.9 Å². The van der Waals surface area contributed by atoms with E-state index in [1.165, 1.54) is 6.07 Å². The van der Waals surface area contributed by atoms with Crippen LogP contribution in [0.2, 0.25) is 0 Å². The highest BCUT2D eigenvalue weighted by Gasteiger charge is 2.43. The zero-order chi connectivity index (χ0) is 21.0. The average Bonchev–Trinajstić information content (AvgIpc) is 3.15. The van der Waals surface area contributed by atoms with Gasteiger partial charge in [0, 0.05) is 30.8 Å². The zero-order valence-corrected chi connectivity index (χ0v) is 16.8. The highest BCUT2D eigenvalue weighted by Crippen LogP contribution is 2.35. The Morgan fingerprint density at radius 2 is 2.10 bits per heavy atom. The van der Waals surface area contributed by atoms with Crippen LogP contribution in [0.3, 0.4) is 0 Å². The number of aromatic hydroxyl groups is 1. The number of hydrogen-bond donors (Lipinski definition) is 2. The molecule has 0 radical (unpaired) electrons. The number of rotatable bonds is 3. The minimum atomic E-state index is -0.953. The van der Waals surface area contributed by atoms with Gasteiger partial charge in [0.05, 0.1) is 29.5 Å². The fourth-order valence-corrected chi connectivity index (χ4v) is 4.69. The van der Waals surface area contributed by atoms with E-state index in [-0.39, 0.29) is 28.8 Å². The van der Waals surface area contributed by atoms with Gasteiger partial charge in [0.25, 0.3) is 0 Å². The van der Waals surface area contributed by atoms with Crippen molar-refractivity contribution in [1.82, 2.24) is 15.3 Å². The highest BCUT2D eigenvalue weighted by atomic mass is 19.1. The lowest BCUT2D eigenvalue weighted by Gasteiger charge is -2.38. The maximum Gasteiger partial charge on any atom is 0.193 e. The number of aromatic nitrogens is 2. The lowest BCUT2D eigenvalue weighted by molar-refractivity contribution is 0.176. The van der Waals surface area contributed by atoms with Gasteiger partial charge in [-0.2, -0.15) is 0 Å². The second-order valence-corrected chi connectivity index (χ2v) is 8.23. The van der Waals surface area contributed by atoms with Crippen LogP contribution in [0.25, 0.3) is 22.2 Å². The summed E-state index contributed by atoms with van der Waals surface area (Å²) in [7, 11) is 1.84. The fraction of sp³-hybridized carbons (Fsp3) is 0.409. The van der Waals surface area contributed by atoms with E-state index in [2.05, 4.69) is 15.3 Å². The van der Waals surface area contributed by atoms with E-state index in [1.807, 2.05) is 11.9 Å². The molecule has 5 rings (SSSR count). The van der Waals surface area contributed by atoms with Crippen molar-refractivity contribution in [2.75, 3.05) is 11.9 Å². The summed E-state index contributed by atoms with van der Waals surface area (Å²) < 4.78 is 20.4. The number of fused-ring (bicyclic) bond motifs is 3. The summed E-state index contributed by atoms with van der Waals surface area (Å²) in [6.45, 7) is 1.66. The van der Waals surface area contributed by atoms with Gasteiger partial charge in [0.15, 0.2) is 16.8 Å². The van der Waals surface area contributed by atoms with Gasteiger partial charge in [-0.1, -0.05) is 0 Å². The summed E-state index contributed by atoms with van der Waals surface area (Å²) in [5, 5.41) is 14.3. The number of halogens is 1. The van der Waals surface area contributed by atoms with Crippen molar-refractivity contribution in [2.45, 2.75) is 50.5 Å². The van der Waals surface area contributed by atoms with Crippen molar-refractivity contribution in [1.29, 1.82) is 0 Å². The number of aryl methyl sites for hydroxylation is 1. The molecule has 156 valence electrons. The Bertz CT molecular complexity index is 1160. The molecule has 2 N–H and O–H groups in total. The molecule has 8 heteroatoms. The normalized spacial score (nSPS) is 25.6.